The molecule has 0 bridgehead atoms. The molecule has 0 radical (unpaired) electrons. The predicted octanol–water partition coefficient (Wildman–Crippen LogP) is 4.31. The molecule has 1 N–H and O–H groups in total. The molecule has 0 aromatic heterocycles. The zero-order valence-electron chi connectivity index (χ0n) is 14.9. The lowest BCUT2D eigenvalue weighted by Crippen LogP contribution is -2.42. The highest BCUT2D eigenvalue weighted by Crippen LogP contribution is 2.21. The van der Waals surface area contributed by atoms with Gasteiger partial charge in [0.15, 0.2) is 0 Å². The van der Waals surface area contributed by atoms with Gasteiger partial charge in [-0.25, -0.2) is 4.79 Å². The minimum absolute atomic E-state index is 0.181. The van der Waals surface area contributed by atoms with Crippen LogP contribution in [0.3, 0.4) is 0 Å². The van der Waals surface area contributed by atoms with E-state index in [9.17, 15) is 4.79 Å². The molecule has 0 unspecified atom stereocenters. The molecule has 4 nitrogen and oxygen atoms in total. The van der Waals surface area contributed by atoms with Crippen molar-refractivity contribution in [1.29, 1.82) is 0 Å². The van der Waals surface area contributed by atoms with Crippen molar-refractivity contribution in [3.63, 3.8) is 0 Å². The molecule has 1 aromatic rings. The molecule has 0 spiro atoms. The lowest BCUT2D eigenvalue weighted by atomic mass is 9.97. The zero-order chi connectivity index (χ0) is 16.9. The molecule has 1 amide bonds. The van der Waals surface area contributed by atoms with Crippen molar-refractivity contribution >= 4 is 11.8 Å². The first-order valence-electron chi connectivity index (χ1n) is 8.68. The molecule has 1 saturated heterocycles. The number of ether oxygens (including phenoxy) is 1. The number of benzene rings is 1. The van der Waals surface area contributed by atoms with Crippen LogP contribution < -0.4 is 5.32 Å². The first kappa shape index (κ1) is 17.6. The van der Waals surface area contributed by atoms with E-state index in [0.29, 0.717) is 5.92 Å². The Morgan fingerprint density at radius 2 is 2.00 bits per heavy atom. The van der Waals surface area contributed by atoms with Gasteiger partial charge in [0.1, 0.15) is 5.60 Å². The van der Waals surface area contributed by atoms with Gasteiger partial charge in [0.2, 0.25) is 0 Å². The van der Waals surface area contributed by atoms with Crippen LogP contribution >= 0.6 is 0 Å². The maximum atomic E-state index is 12.1. The number of piperidine rings is 1. The van der Waals surface area contributed by atoms with Crippen LogP contribution in [-0.2, 0) is 11.2 Å². The molecular weight excluding hydrogens is 288 g/mol. The van der Waals surface area contributed by atoms with Gasteiger partial charge < -0.3 is 15.0 Å². The fraction of sp³-hybridized carbons (Fsp3) is 0.632. The van der Waals surface area contributed by atoms with Crippen LogP contribution in [0.5, 0.6) is 0 Å². The maximum absolute atomic E-state index is 12.1. The van der Waals surface area contributed by atoms with Crippen LogP contribution in [0, 0.1) is 5.92 Å². The van der Waals surface area contributed by atoms with E-state index >= 15 is 0 Å². The number of anilines is 1. The number of hydrogen-bond acceptors (Lipinski definition) is 3. The lowest BCUT2D eigenvalue weighted by Gasteiger charge is -2.33. The Kier molecular flexibility index (Phi) is 5.91. The average Bonchev–Trinajstić information content (AvgIpc) is 2.52. The normalized spacial score (nSPS) is 16.3. The van der Waals surface area contributed by atoms with Crippen molar-refractivity contribution in [3.05, 3.63) is 29.8 Å². The third-order valence-corrected chi connectivity index (χ3v) is 4.20. The minimum Gasteiger partial charge on any atom is -0.444 e. The largest absolute Gasteiger partial charge is 0.444 e. The Balaban J connectivity index is 1.75. The van der Waals surface area contributed by atoms with E-state index in [2.05, 4.69) is 36.5 Å². The minimum atomic E-state index is -0.417. The molecular formula is C19H30N2O2. The first-order valence-corrected chi connectivity index (χ1v) is 8.68. The molecule has 1 aliphatic heterocycles. The molecule has 4 heteroatoms. The highest BCUT2D eigenvalue weighted by molar-refractivity contribution is 5.68. The number of aryl methyl sites for hydroxylation is 1. The van der Waals surface area contributed by atoms with Gasteiger partial charge in [-0.1, -0.05) is 19.1 Å². The second kappa shape index (κ2) is 7.71. The van der Waals surface area contributed by atoms with E-state index in [4.69, 9.17) is 4.74 Å². The number of carbonyl (C=O) groups excluding carboxylic acids is 1. The van der Waals surface area contributed by atoms with Crippen molar-refractivity contribution in [2.75, 3.05) is 25.0 Å². The SMILES string of the molecule is CCc1cccc(NCC2CCN(C(=O)OC(C)(C)C)CC2)c1. The second-order valence-corrected chi connectivity index (χ2v) is 7.35. The summed E-state index contributed by atoms with van der Waals surface area (Å²) in [5, 5.41) is 3.54. The molecule has 0 atom stereocenters. The number of nitrogens with one attached hydrogen (secondary N) is 1. The number of carbonyl (C=O) groups is 1. The van der Waals surface area contributed by atoms with Gasteiger partial charge >= 0.3 is 6.09 Å². The Morgan fingerprint density at radius 3 is 2.61 bits per heavy atom. The Labute approximate surface area is 140 Å². The van der Waals surface area contributed by atoms with Crippen molar-refractivity contribution in [2.24, 2.45) is 5.92 Å². The summed E-state index contributed by atoms with van der Waals surface area (Å²) in [7, 11) is 0. The molecule has 23 heavy (non-hydrogen) atoms. The van der Waals surface area contributed by atoms with Crippen LogP contribution in [0.2, 0.25) is 0 Å². The number of hydrogen-bond donors (Lipinski definition) is 1. The van der Waals surface area contributed by atoms with E-state index < -0.39 is 5.60 Å². The van der Waals surface area contributed by atoms with Crippen molar-refractivity contribution in [2.45, 2.75) is 52.6 Å². The van der Waals surface area contributed by atoms with E-state index in [0.717, 1.165) is 38.9 Å². The Hall–Kier alpha value is -1.71. The topological polar surface area (TPSA) is 41.6 Å². The zero-order valence-corrected chi connectivity index (χ0v) is 14.9. The maximum Gasteiger partial charge on any atom is 0.410 e. The van der Waals surface area contributed by atoms with Crippen molar-refractivity contribution < 1.29 is 9.53 Å². The number of rotatable bonds is 4. The van der Waals surface area contributed by atoms with Crippen LogP contribution in [0.4, 0.5) is 10.5 Å². The summed E-state index contributed by atoms with van der Waals surface area (Å²) in [6.45, 7) is 10.4. The van der Waals surface area contributed by atoms with Crippen LogP contribution in [-0.4, -0.2) is 36.2 Å². The van der Waals surface area contributed by atoms with Gasteiger partial charge in [-0.3, -0.25) is 0 Å². The molecule has 1 aromatic carbocycles. The summed E-state index contributed by atoms with van der Waals surface area (Å²) in [5.41, 5.74) is 2.13. The molecule has 0 saturated carbocycles. The third-order valence-electron chi connectivity index (χ3n) is 4.20. The molecule has 0 aliphatic carbocycles. The summed E-state index contributed by atoms with van der Waals surface area (Å²) in [6.07, 6.45) is 2.93. The van der Waals surface area contributed by atoms with Gasteiger partial charge in [0.25, 0.3) is 0 Å². The van der Waals surface area contributed by atoms with Gasteiger partial charge in [-0.15, -0.1) is 0 Å². The first-order chi connectivity index (χ1) is 10.9. The Morgan fingerprint density at radius 1 is 1.30 bits per heavy atom. The van der Waals surface area contributed by atoms with Gasteiger partial charge in [0, 0.05) is 25.3 Å². The molecule has 2 rings (SSSR count). The molecule has 1 fully saturated rings. The van der Waals surface area contributed by atoms with E-state index in [-0.39, 0.29) is 6.09 Å². The van der Waals surface area contributed by atoms with E-state index in [1.54, 1.807) is 0 Å². The van der Waals surface area contributed by atoms with Crippen molar-refractivity contribution in [1.82, 2.24) is 4.90 Å². The fourth-order valence-corrected chi connectivity index (χ4v) is 2.81. The fourth-order valence-electron chi connectivity index (χ4n) is 2.81. The summed E-state index contributed by atoms with van der Waals surface area (Å²) in [4.78, 5) is 13.9. The Bertz CT molecular complexity index is 514. The number of likely N-dealkylation sites (tertiary alicyclic amines) is 1. The van der Waals surface area contributed by atoms with Gasteiger partial charge in [-0.2, -0.15) is 0 Å². The average molecular weight is 318 g/mol. The summed E-state index contributed by atoms with van der Waals surface area (Å²) in [6, 6.07) is 8.60. The third kappa shape index (κ3) is 5.77. The lowest BCUT2D eigenvalue weighted by molar-refractivity contribution is 0.0188. The quantitative estimate of drug-likeness (QED) is 0.899. The van der Waals surface area contributed by atoms with Gasteiger partial charge in [0.05, 0.1) is 0 Å². The molecule has 1 aliphatic rings. The van der Waals surface area contributed by atoms with Gasteiger partial charge in [-0.05, 0) is 63.6 Å². The van der Waals surface area contributed by atoms with Crippen molar-refractivity contribution in [3.8, 4) is 0 Å². The summed E-state index contributed by atoms with van der Waals surface area (Å²) >= 11 is 0. The molecule has 128 valence electrons. The van der Waals surface area contributed by atoms with Crippen LogP contribution in [0.25, 0.3) is 0 Å². The molecule has 1 heterocycles. The summed E-state index contributed by atoms with van der Waals surface area (Å²) < 4.78 is 5.44. The highest BCUT2D eigenvalue weighted by atomic mass is 16.6. The number of amides is 1. The standard InChI is InChI=1S/C19H30N2O2/c1-5-15-7-6-8-17(13-15)20-14-16-9-11-21(12-10-16)18(22)23-19(2,3)4/h6-8,13,16,20H,5,9-12,14H2,1-4H3. The number of nitrogens with zero attached hydrogens (tertiary/aromatic N) is 1. The monoisotopic (exact) mass is 318 g/mol. The van der Waals surface area contributed by atoms with E-state index in [1.165, 1.54) is 11.3 Å². The van der Waals surface area contributed by atoms with Crippen LogP contribution in [0.15, 0.2) is 24.3 Å². The highest BCUT2D eigenvalue weighted by Gasteiger charge is 2.26. The summed E-state index contributed by atoms with van der Waals surface area (Å²) in [5.74, 6) is 0.610. The second-order valence-electron chi connectivity index (χ2n) is 7.35. The van der Waals surface area contributed by atoms with E-state index in [1.807, 2.05) is 25.7 Å². The van der Waals surface area contributed by atoms with Crippen LogP contribution in [0.1, 0.15) is 46.1 Å². The predicted molar refractivity (Wildman–Crippen MR) is 94.8 cm³/mol. The smallest absolute Gasteiger partial charge is 0.410 e.